The number of hydrogen-bond acceptors (Lipinski definition) is 5. The molecule has 2 heterocycles. The fraction of sp³-hybridized carbons (Fsp3) is 0.150. The van der Waals surface area contributed by atoms with Crippen LogP contribution < -0.4 is 16.0 Å². The minimum atomic E-state index is -4.48. The molecule has 0 atom stereocenters. The van der Waals surface area contributed by atoms with Crippen molar-refractivity contribution in [3.05, 3.63) is 77.9 Å². The molecule has 0 saturated heterocycles. The van der Waals surface area contributed by atoms with E-state index < -0.39 is 23.6 Å². The summed E-state index contributed by atoms with van der Waals surface area (Å²) < 4.78 is 43.6. The lowest BCUT2D eigenvalue weighted by Crippen LogP contribution is -2.34. The Kier molecular flexibility index (Phi) is 6.35. The summed E-state index contributed by atoms with van der Waals surface area (Å²) in [7, 11) is 0. The minimum absolute atomic E-state index is 0.106. The molecular weight excluding hydrogens is 401 g/mol. The third-order valence-corrected chi connectivity index (χ3v) is 3.95. The first-order valence-electron chi connectivity index (χ1n) is 8.84. The number of amides is 2. The van der Waals surface area contributed by atoms with Crippen molar-refractivity contribution in [3.8, 4) is 0 Å². The summed E-state index contributed by atoms with van der Waals surface area (Å²) in [5, 5.41) is 7.94. The second-order valence-electron chi connectivity index (χ2n) is 6.09. The van der Waals surface area contributed by atoms with Crippen molar-refractivity contribution in [1.82, 2.24) is 15.6 Å². The zero-order chi connectivity index (χ0) is 21.6. The molecule has 0 aliphatic rings. The summed E-state index contributed by atoms with van der Waals surface area (Å²) in [6.45, 7) is 0.283. The van der Waals surface area contributed by atoms with Crippen LogP contribution in [0.1, 0.15) is 26.5 Å². The van der Waals surface area contributed by atoms with Crippen molar-refractivity contribution < 1.29 is 27.2 Å². The van der Waals surface area contributed by atoms with E-state index in [1.807, 2.05) is 0 Å². The van der Waals surface area contributed by atoms with Gasteiger partial charge in [0, 0.05) is 25.0 Å². The van der Waals surface area contributed by atoms with E-state index in [2.05, 4.69) is 20.9 Å². The first-order chi connectivity index (χ1) is 14.3. The number of rotatable bonds is 7. The molecular formula is C20H17F3N4O3. The van der Waals surface area contributed by atoms with Crippen molar-refractivity contribution in [3.63, 3.8) is 0 Å². The Bertz CT molecular complexity index is 1020. The summed E-state index contributed by atoms with van der Waals surface area (Å²) in [6, 6.07) is 10.7. The van der Waals surface area contributed by atoms with Gasteiger partial charge in [-0.15, -0.1) is 0 Å². The lowest BCUT2D eigenvalue weighted by atomic mass is 10.2. The first-order valence-corrected chi connectivity index (χ1v) is 8.84. The number of anilines is 2. The summed E-state index contributed by atoms with van der Waals surface area (Å²) in [4.78, 5) is 28.3. The molecule has 10 heteroatoms. The highest BCUT2D eigenvalue weighted by Crippen LogP contribution is 2.31. The third-order valence-electron chi connectivity index (χ3n) is 3.95. The molecule has 0 unspecified atom stereocenters. The summed E-state index contributed by atoms with van der Waals surface area (Å²) in [5.74, 6) is -0.651. The molecule has 1 aromatic carbocycles. The standard InChI is InChI=1S/C20H17F3N4O3/c21-20(22,23)13-4-1-5-14(12-13)27-17-15(6-2-8-24-17)18(28)25-9-10-26-19(29)16-7-3-11-30-16/h1-8,11-12H,9-10H2,(H,24,27)(H,25,28)(H,26,29). The largest absolute Gasteiger partial charge is 0.459 e. The topological polar surface area (TPSA) is 96.3 Å². The number of benzene rings is 1. The molecule has 0 fully saturated rings. The normalized spacial score (nSPS) is 11.0. The molecule has 7 nitrogen and oxygen atoms in total. The molecule has 2 amide bonds. The summed E-state index contributed by atoms with van der Waals surface area (Å²) in [5.41, 5.74) is -0.530. The Hall–Kier alpha value is -3.82. The fourth-order valence-corrected chi connectivity index (χ4v) is 2.54. The molecule has 3 aromatic rings. The third kappa shape index (κ3) is 5.37. The number of alkyl halides is 3. The first kappa shape index (κ1) is 20.9. The van der Waals surface area contributed by atoms with Crippen LogP contribution in [0.2, 0.25) is 0 Å². The van der Waals surface area contributed by atoms with E-state index in [-0.39, 0.29) is 35.9 Å². The molecule has 3 rings (SSSR count). The second kappa shape index (κ2) is 9.12. The van der Waals surface area contributed by atoms with Crippen LogP contribution in [-0.2, 0) is 6.18 Å². The SMILES string of the molecule is O=C(NCCNC(=O)c1cccnc1Nc1cccc(C(F)(F)F)c1)c1ccco1. The van der Waals surface area contributed by atoms with E-state index in [1.165, 1.54) is 42.8 Å². The zero-order valence-electron chi connectivity index (χ0n) is 15.5. The molecule has 156 valence electrons. The van der Waals surface area contributed by atoms with Crippen LogP contribution in [0.15, 0.2) is 65.4 Å². The molecule has 3 N–H and O–H groups in total. The lowest BCUT2D eigenvalue weighted by Gasteiger charge is -2.13. The number of halogens is 3. The molecule has 2 aromatic heterocycles. The molecule has 30 heavy (non-hydrogen) atoms. The minimum Gasteiger partial charge on any atom is -0.459 e. The number of nitrogens with zero attached hydrogens (tertiary/aromatic N) is 1. The number of furan rings is 1. The number of carbonyl (C=O) groups excluding carboxylic acids is 2. The van der Waals surface area contributed by atoms with Gasteiger partial charge < -0.3 is 20.4 Å². The molecule has 0 aliphatic heterocycles. The maximum atomic E-state index is 12.9. The van der Waals surface area contributed by atoms with Gasteiger partial charge in [-0.2, -0.15) is 13.2 Å². The Labute approximate surface area is 169 Å². The van der Waals surface area contributed by atoms with E-state index in [4.69, 9.17) is 4.42 Å². The van der Waals surface area contributed by atoms with Gasteiger partial charge in [0.25, 0.3) is 11.8 Å². The van der Waals surface area contributed by atoms with Gasteiger partial charge in [0.15, 0.2) is 5.76 Å². The van der Waals surface area contributed by atoms with Crippen LogP contribution >= 0.6 is 0 Å². The Morgan fingerprint density at radius 1 is 0.967 bits per heavy atom. The van der Waals surface area contributed by atoms with Gasteiger partial charge in [0.2, 0.25) is 0 Å². The number of hydrogen-bond donors (Lipinski definition) is 3. The number of nitrogens with one attached hydrogen (secondary N) is 3. The average Bonchev–Trinajstić information content (AvgIpc) is 3.26. The molecule has 0 spiro atoms. The van der Waals surface area contributed by atoms with Crippen LogP contribution in [0.5, 0.6) is 0 Å². The van der Waals surface area contributed by atoms with Gasteiger partial charge in [-0.25, -0.2) is 4.98 Å². The highest BCUT2D eigenvalue weighted by molar-refractivity contribution is 5.99. The van der Waals surface area contributed by atoms with Gasteiger partial charge in [0.1, 0.15) is 5.82 Å². The second-order valence-corrected chi connectivity index (χ2v) is 6.09. The van der Waals surface area contributed by atoms with Crippen LogP contribution in [-0.4, -0.2) is 29.9 Å². The number of pyridine rings is 1. The van der Waals surface area contributed by atoms with Crippen molar-refractivity contribution in [1.29, 1.82) is 0 Å². The molecule has 0 aliphatic carbocycles. The van der Waals surface area contributed by atoms with E-state index in [1.54, 1.807) is 6.07 Å². The van der Waals surface area contributed by atoms with E-state index >= 15 is 0 Å². The van der Waals surface area contributed by atoms with E-state index in [0.29, 0.717) is 0 Å². The fourth-order valence-electron chi connectivity index (χ4n) is 2.54. The van der Waals surface area contributed by atoms with Gasteiger partial charge in [-0.3, -0.25) is 9.59 Å². The molecule has 0 bridgehead atoms. The predicted molar refractivity (Wildman–Crippen MR) is 102 cm³/mol. The molecule has 0 saturated carbocycles. The number of carbonyl (C=O) groups is 2. The van der Waals surface area contributed by atoms with Crippen LogP contribution in [0, 0.1) is 0 Å². The smallest absolute Gasteiger partial charge is 0.416 e. The predicted octanol–water partition coefficient (Wildman–Crippen LogP) is 3.60. The van der Waals surface area contributed by atoms with E-state index in [0.717, 1.165) is 12.1 Å². The lowest BCUT2D eigenvalue weighted by molar-refractivity contribution is -0.137. The Morgan fingerprint density at radius 3 is 2.43 bits per heavy atom. The highest BCUT2D eigenvalue weighted by Gasteiger charge is 2.30. The van der Waals surface area contributed by atoms with Crippen molar-refractivity contribution in [2.75, 3.05) is 18.4 Å². The Balaban J connectivity index is 1.60. The summed E-state index contributed by atoms with van der Waals surface area (Å²) >= 11 is 0. The van der Waals surface area contributed by atoms with Crippen LogP contribution in [0.3, 0.4) is 0 Å². The highest BCUT2D eigenvalue weighted by atomic mass is 19.4. The van der Waals surface area contributed by atoms with Gasteiger partial charge >= 0.3 is 6.18 Å². The van der Waals surface area contributed by atoms with Crippen molar-refractivity contribution in [2.45, 2.75) is 6.18 Å². The van der Waals surface area contributed by atoms with Crippen molar-refractivity contribution in [2.24, 2.45) is 0 Å². The number of aromatic nitrogens is 1. The Morgan fingerprint density at radius 2 is 1.73 bits per heavy atom. The molecule has 0 radical (unpaired) electrons. The average molecular weight is 418 g/mol. The summed E-state index contributed by atoms with van der Waals surface area (Å²) in [6.07, 6.45) is -1.70. The van der Waals surface area contributed by atoms with Gasteiger partial charge in [-0.1, -0.05) is 6.07 Å². The van der Waals surface area contributed by atoms with Gasteiger partial charge in [0.05, 0.1) is 17.4 Å². The maximum Gasteiger partial charge on any atom is 0.416 e. The van der Waals surface area contributed by atoms with E-state index in [9.17, 15) is 22.8 Å². The quantitative estimate of drug-likeness (QED) is 0.510. The van der Waals surface area contributed by atoms with Crippen LogP contribution in [0.25, 0.3) is 0 Å². The van der Waals surface area contributed by atoms with Crippen LogP contribution in [0.4, 0.5) is 24.7 Å². The maximum absolute atomic E-state index is 12.9. The van der Waals surface area contributed by atoms with Crippen molar-refractivity contribution >= 4 is 23.3 Å². The zero-order valence-corrected chi connectivity index (χ0v) is 15.5. The monoisotopic (exact) mass is 418 g/mol. The van der Waals surface area contributed by atoms with Gasteiger partial charge in [-0.05, 0) is 42.5 Å².